The second-order valence-corrected chi connectivity index (χ2v) is 6.80. The molecule has 1 fully saturated rings. The summed E-state index contributed by atoms with van der Waals surface area (Å²) in [6.45, 7) is 2.95. The molecule has 7 nitrogen and oxygen atoms in total. The largest absolute Gasteiger partial charge is 0.497 e. The number of carbonyl (C=O) groups is 3. The van der Waals surface area contributed by atoms with Gasteiger partial charge < -0.3 is 19.9 Å². The molecule has 0 radical (unpaired) electrons. The van der Waals surface area contributed by atoms with E-state index in [0.29, 0.717) is 19.6 Å². The number of ether oxygens (including phenoxy) is 1. The number of nitrogens with zero attached hydrogens (tertiary/aromatic N) is 2. The van der Waals surface area contributed by atoms with Crippen LogP contribution in [-0.2, 0) is 14.4 Å². The normalized spacial score (nSPS) is 15.2. The first-order valence-electron chi connectivity index (χ1n) is 9.60. The summed E-state index contributed by atoms with van der Waals surface area (Å²) in [7, 11) is 1.60. The van der Waals surface area contributed by atoms with Crippen LogP contribution in [-0.4, -0.2) is 60.8 Å². The predicted molar refractivity (Wildman–Crippen MR) is 108 cm³/mol. The molecule has 1 heterocycles. The SMILES string of the molecule is CCN1CCN(CC(=O)NC(c2ccccc2)c2ccc(OC)cc2)C(=O)C1=O. The molecule has 2 aromatic rings. The Bertz CT molecular complexity index is 867. The monoisotopic (exact) mass is 395 g/mol. The van der Waals surface area contributed by atoms with E-state index in [-0.39, 0.29) is 18.5 Å². The molecular weight excluding hydrogens is 370 g/mol. The Morgan fingerprint density at radius 2 is 1.55 bits per heavy atom. The van der Waals surface area contributed by atoms with Crippen LogP contribution in [0.5, 0.6) is 5.75 Å². The fraction of sp³-hybridized carbons (Fsp3) is 0.318. The van der Waals surface area contributed by atoms with Crippen molar-refractivity contribution in [2.75, 3.05) is 33.3 Å². The van der Waals surface area contributed by atoms with Gasteiger partial charge in [0.15, 0.2) is 0 Å². The van der Waals surface area contributed by atoms with Gasteiger partial charge in [-0.15, -0.1) is 0 Å². The van der Waals surface area contributed by atoms with E-state index in [0.717, 1.165) is 16.9 Å². The highest BCUT2D eigenvalue weighted by Gasteiger charge is 2.33. The Balaban J connectivity index is 1.74. The molecule has 1 N–H and O–H groups in total. The molecule has 3 rings (SSSR count). The quantitative estimate of drug-likeness (QED) is 0.722. The van der Waals surface area contributed by atoms with Gasteiger partial charge in [-0.2, -0.15) is 0 Å². The number of carbonyl (C=O) groups excluding carboxylic acids is 3. The van der Waals surface area contributed by atoms with E-state index in [1.807, 2.05) is 61.5 Å². The lowest BCUT2D eigenvalue weighted by molar-refractivity contribution is -0.156. The second-order valence-electron chi connectivity index (χ2n) is 6.80. The molecule has 1 saturated heterocycles. The molecular formula is C22H25N3O4. The van der Waals surface area contributed by atoms with Crippen LogP contribution in [0, 0.1) is 0 Å². The average Bonchev–Trinajstić information content (AvgIpc) is 2.76. The number of rotatable bonds is 7. The maximum absolute atomic E-state index is 12.7. The Labute approximate surface area is 170 Å². The van der Waals surface area contributed by atoms with Gasteiger partial charge in [0.25, 0.3) is 0 Å². The number of amides is 3. The van der Waals surface area contributed by atoms with Crippen molar-refractivity contribution in [3.8, 4) is 5.75 Å². The molecule has 1 aliphatic heterocycles. The Kier molecular flexibility index (Phi) is 6.49. The Morgan fingerprint density at radius 3 is 2.17 bits per heavy atom. The number of hydrogen-bond donors (Lipinski definition) is 1. The molecule has 0 saturated carbocycles. The van der Waals surface area contributed by atoms with Gasteiger partial charge in [0, 0.05) is 19.6 Å². The smallest absolute Gasteiger partial charge is 0.312 e. The molecule has 2 aromatic carbocycles. The van der Waals surface area contributed by atoms with Gasteiger partial charge in [-0.05, 0) is 30.2 Å². The summed E-state index contributed by atoms with van der Waals surface area (Å²) < 4.78 is 5.21. The third kappa shape index (κ3) is 4.74. The number of nitrogens with one attached hydrogen (secondary N) is 1. The lowest BCUT2D eigenvalue weighted by atomic mass is 9.98. The number of methoxy groups -OCH3 is 1. The zero-order valence-corrected chi connectivity index (χ0v) is 16.6. The lowest BCUT2D eigenvalue weighted by Crippen LogP contribution is -2.56. The minimum absolute atomic E-state index is 0.151. The summed E-state index contributed by atoms with van der Waals surface area (Å²) >= 11 is 0. The molecule has 1 unspecified atom stereocenters. The van der Waals surface area contributed by atoms with E-state index >= 15 is 0 Å². The van der Waals surface area contributed by atoms with Crippen LogP contribution in [0.25, 0.3) is 0 Å². The molecule has 1 aliphatic rings. The maximum atomic E-state index is 12.7. The van der Waals surface area contributed by atoms with Crippen LogP contribution >= 0.6 is 0 Å². The number of piperazine rings is 1. The van der Waals surface area contributed by atoms with Crippen LogP contribution in [0.1, 0.15) is 24.1 Å². The van der Waals surface area contributed by atoms with Gasteiger partial charge in [-0.25, -0.2) is 0 Å². The third-order valence-electron chi connectivity index (χ3n) is 5.00. The summed E-state index contributed by atoms with van der Waals surface area (Å²) in [5.74, 6) is -0.777. The van der Waals surface area contributed by atoms with Crippen LogP contribution < -0.4 is 10.1 Å². The molecule has 3 amide bonds. The highest BCUT2D eigenvalue weighted by atomic mass is 16.5. The molecule has 1 atom stereocenters. The average molecular weight is 395 g/mol. The van der Waals surface area contributed by atoms with Crippen molar-refractivity contribution in [2.24, 2.45) is 0 Å². The fourth-order valence-corrected chi connectivity index (χ4v) is 3.35. The third-order valence-corrected chi connectivity index (χ3v) is 5.00. The van der Waals surface area contributed by atoms with Gasteiger partial charge in [0.1, 0.15) is 12.3 Å². The zero-order valence-electron chi connectivity index (χ0n) is 16.6. The zero-order chi connectivity index (χ0) is 20.8. The molecule has 0 aliphatic carbocycles. The predicted octanol–water partition coefficient (Wildman–Crippen LogP) is 1.59. The summed E-state index contributed by atoms with van der Waals surface area (Å²) in [5, 5.41) is 3.00. The van der Waals surface area contributed by atoms with E-state index in [2.05, 4.69) is 5.32 Å². The van der Waals surface area contributed by atoms with Crippen molar-refractivity contribution in [3.05, 3.63) is 65.7 Å². The van der Waals surface area contributed by atoms with Crippen molar-refractivity contribution in [1.29, 1.82) is 0 Å². The summed E-state index contributed by atoms with van der Waals surface area (Å²) in [4.78, 5) is 39.9. The van der Waals surface area contributed by atoms with Crippen LogP contribution in [0.3, 0.4) is 0 Å². The van der Waals surface area contributed by atoms with Gasteiger partial charge in [0.2, 0.25) is 5.91 Å². The van der Waals surface area contributed by atoms with E-state index in [4.69, 9.17) is 4.74 Å². The van der Waals surface area contributed by atoms with E-state index in [1.54, 1.807) is 7.11 Å². The van der Waals surface area contributed by atoms with Crippen LogP contribution in [0.2, 0.25) is 0 Å². The Hall–Kier alpha value is -3.35. The first-order chi connectivity index (χ1) is 14.0. The number of hydrogen-bond acceptors (Lipinski definition) is 4. The molecule has 0 aromatic heterocycles. The van der Waals surface area contributed by atoms with E-state index in [1.165, 1.54) is 9.80 Å². The van der Waals surface area contributed by atoms with E-state index < -0.39 is 11.8 Å². The number of benzene rings is 2. The van der Waals surface area contributed by atoms with Crippen molar-refractivity contribution in [3.63, 3.8) is 0 Å². The maximum Gasteiger partial charge on any atom is 0.312 e. The first kappa shape index (κ1) is 20.4. The molecule has 152 valence electrons. The summed E-state index contributed by atoms with van der Waals surface area (Å²) in [5.41, 5.74) is 1.81. The molecule has 29 heavy (non-hydrogen) atoms. The minimum atomic E-state index is -0.631. The van der Waals surface area contributed by atoms with Crippen molar-refractivity contribution in [2.45, 2.75) is 13.0 Å². The Morgan fingerprint density at radius 1 is 0.966 bits per heavy atom. The lowest BCUT2D eigenvalue weighted by Gasteiger charge is -2.33. The first-order valence-corrected chi connectivity index (χ1v) is 9.60. The van der Waals surface area contributed by atoms with Crippen LogP contribution in [0.15, 0.2) is 54.6 Å². The van der Waals surface area contributed by atoms with Gasteiger partial charge in [0.05, 0.1) is 13.2 Å². The van der Waals surface area contributed by atoms with E-state index in [9.17, 15) is 14.4 Å². The highest BCUT2D eigenvalue weighted by molar-refractivity contribution is 6.35. The van der Waals surface area contributed by atoms with Crippen molar-refractivity contribution in [1.82, 2.24) is 15.1 Å². The van der Waals surface area contributed by atoms with Crippen molar-refractivity contribution >= 4 is 17.7 Å². The molecule has 7 heteroatoms. The summed E-state index contributed by atoms with van der Waals surface area (Å²) in [6.07, 6.45) is 0. The second kappa shape index (κ2) is 9.23. The fourth-order valence-electron chi connectivity index (χ4n) is 3.35. The minimum Gasteiger partial charge on any atom is -0.497 e. The van der Waals surface area contributed by atoms with Crippen molar-refractivity contribution < 1.29 is 19.1 Å². The topological polar surface area (TPSA) is 79.0 Å². The van der Waals surface area contributed by atoms with Crippen LogP contribution in [0.4, 0.5) is 0 Å². The molecule has 0 bridgehead atoms. The number of likely N-dealkylation sites (N-methyl/N-ethyl adjacent to an activating group) is 1. The highest BCUT2D eigenvalue weighted by Crippen LogP contribution is 2.24. The summed E-state index contributed by atoms with van der Waals surface area (Å²) in [6, 6.07) is 16.7. The van der Waals surface area contributed by atoms with Gasteiger partial charge in [-0.3, -0.25) is 14.4 Å². The van der Waals surface area contributed by atoms with Gasteiger partial charge >= 0.3 is 11.8 Å². The molecule has 0 spiro atoms. The van der Waals surface area contributed by atoms with Gasteiger partial charge in [-0.1, -0.05) is 42.5 Å². The standard InChI is InChI=1S/C22H25N3O4/c1-3-24-13-14-25(22(28)21(24)27)15-19(26)23-20(16-7-5-4-6-8-16)17-9-11-18(29-2)12-10-17/h4-12,20H,3,13-15H2,1-2H3,(H,23,26).